The summed E-state index contributed by atoms with van der Waals surface area (Å²) in [5.41, 5.74) is 0. The molecular weight excluding hydrogens is 178 g/mol. The van der Waals surface area contributed by atoms with E-state index in [1.165, 1.54) is 0 Å². The fraction of sp³-hybridized carbons (Fsp3) is 0.875. The van der Waals surface area contributed by atoms with E-state index in [0.29, 0.717) is 5.92 Å². The summed E-state index contributed by atoms with van der Waals surface area (Å²) in [6.07, 6.45) is 3.11. The number of hydrogen-bond donors (Lipinski definition) is 2. The van der Waals surface area contributed by atoms with Crippen LogP contribution in [0.2, 0.25) is 0 Å². The minimum absolute atomic E-state index is 0. The Labute approximate surface area is 78.9 Å². The highest BCUT2D eigenvalue weighted by Crippen LogP contribution is 2.18. The van der Waals surface area contributed by atoms with Crippen LogP contribution in [0.15, 0.2) is 0 Å². The van der Waals surface area contributed by atoms with Crippen molar-refractivity contribution >= 4 is 18.4 Å². The minimum Gasteiger partial charge on any atom is -0.480 e. The van der Waals surface area contributed by atoms with Gasteiger partial charge >= 0.3 is 5.97 Å². The van der Waals surface area contributed by atoms with E-state index in [-0.39, 0.29) is 18.4 Å². The second-order valence-electron chi connectivity index (χ2n) is 3.19. The summed E-state index contributed by atoms with van der Waals surface area (Å²) in [6.45, 7) is 3.01. The van der Waals surface area contributed by atoms with E-state index in [1.54, 1.807) is 0 Å². The van der Waals surface area contributed by atoms with Crippen molar-refractivity contribution in [2.75, 3.05) is 6.54 Å². The van der Waals surface area contributed by atoms with Gasteiger partial charge in [0, 0.05) is 0 Å². The van der Waals surface area contributed by atoms with Crippen molar-refractivity contribution in [2.24, 2.45) is 5.92 Å². The fourth-order valence-electron chi connectivity index (χ4n) is 1.63. The van der Waals surface area contributed by atoms with Crippen LogP contribution in [0.25, 0.3) is 0 Å². The molecule has 0 saturated carbocycles. The molecule has 1 aliphatic heterocycles. The maximum Gasteiger partial charge on any atom is 0.320 e. The lowest BCUT2D eigenvalue weighted by Gasteiger charge is -2.04. The molecule has 1 rings (SSSR count). The molecule has 2 atom stereocenters. The summed E-state index contributed by atoms with van der Waals surface area (Å²) >= 11 is 0. The van der Waals surface area contributed by atoms with Crippen LogP contribution in [0.5, 0.6) is 0 Å². The summed E-state index contributed by atoms with van der Waals surface area (Å²) in [5.74, 6) is -0.121. The molecule has 0 aromatic carbocycles. The number of halogens is 1. The number of rotatable bonds is 3. The monoisotopic (exact) mass is 193 g/mol. The number of carboxylic acids is 1. The van der Waals surface area contributed by atoms with Gasteiger partial charge in [-0.3, -0.25) is 4.79 Å². The lowest BCUT2D eigenvalue weighted by Crippen LogP contribution is -2.29. The van der Waals surface area contributed by atoms with Crippen LogP contribution in [-0.2, 0) is 4.79 Å². The zero-order chi connectivity index (χ0) is 8.27. The van der Waals surface area contributed by atoms with Crippen LogP contribution in [0, 0.1) is 5.92 Å². The summed E-state index contributed by atoms with van der Waals surface area (Å²) in [5, 5.41) is 11.6. The van der Waals surface area contributed by atoms with Gasteiger partial charge in [0.05, 0.1) is 0 Å². The predicted molar refractivity (Wildman–Crippen MR) is 49.7 cm³/mol. The molecule has 1 heterocycles. The van der Waals surface area contributed by atoms with Gasteiger partial charge in [-0.15, -0.1) is 12.4 Å². The first kappa shape index (κ1) is 11.7. The van der Waals surface area contributed by atoms with Crippen LogP contribution in [0.3, 0.4) is 0 Å². The quantitative estimate of drug-likeness (QED) is 0.710. The molecule has 0 spiro atoms. The smallest absolute Gasteiger partial charge is 0.320 e. The Kier molecular flexibility index (Phi) is 5.25. The van der Waals surface area contributed by atoms with Crippen molar-refractivity contribution in [1.82, 2.24) is 5.32 Å². The molecule has 0 aromatic heterocycles. The average molecular weight is 194 g/mol. The first-order valence-corrected chi connectivity index (χ1v) is 4.20. The molecule has 2 unspecified atom stereocenters. The molecule has 0 bridgehead atoms. The third-order valence-electron chi connectivity index (χ3n) is 2.22. The first-order chi connectivity index (χ1) is 5.24. The average Bonchev–Trinajstić information content (AvgIpc) is 2.37. The standard InChI is InChI=1S/C8H15NO2.ClH/c1-2-3-6-4-7(8(10)11)9-5-6;/h6-7,9H,2-5H2,1H3,(H,10,11);1H. The van der Waals surface area contributed by atoms with Gasteiger partial charge < -0.3 is 10.4 Å². The predicted octanol–water partition coefficient (Wildman–Crippen LogP) is 1.27. The Morgan fingerprint density at radius 2 is 2.33 bits per heavy atom. The summed E-state index contributed by atoms with van der Waals surface area (Å²) in [7, 11) is 0. The van der Waals surface area contributed by atoms with E-state index in [9.17, 15) is 4.79 Å². The lowest BCUT2D eigenvalue weighted by atomic mass is 10.0. The van der Waals surface area contributed by atoms with E-state index in [1.807, 2.05) is 0 Å². The zero-order valence-electron chi connectivity index (χ0n) is 7.25. The van der Waals surface area contributed by atoms with Gasteiger partial charge in [0.2, 0.25) is 0 Å². The van der Waals surface area contributed by atoms with Crippen molar-refractivity contribution in [1.29, 1.82) is 0 Å². The normalized spacial score (nSPS) is 28.1. The SMILES string of the molecule is CCCC1CNC(C(=O)O)C1.Cl. The zero-order valence-corrected chi connectivity index (χ0v) is 8.06. The van der Waals surface area contributed by atoms with Gasteiger partial charge in [-0.05, 0) is 25.3 Å². The number of carbonyl (C=O) groups is 1. The van der Waals surface area contributed by atoms with Gasteiger partial charge in [-0.25, -0.2) is 0 Å². The van der Waals surface area contributed by atoms with Gasteiger partial charge in [-0.2, -0.15) is 0 Å². The van der Waals surface area contributed by atoms with Crippen LogP contribution in [0.1, 0.15) is 26.2 Å². The van der Waals surface area contributed by atoms with Crippen LogP contribution in [0.4, 0.5) is 0 Å². The highest BCUT2D eigenvalue weighted by atomic mass is 35.5. The lowest BCUT2D eigenvalue weighted by molar-refractivity contribution is -0.139. The molecule has 0 radical (unpaired) electrons. The molecule has 0 amide bonds. The van der Waals surface area contributed by atoms with Crippen LogP contribution in [-0.4, -0.2) is 23.7 Å². The number of carboxylic acid groups (broad SMARTS) is 1. The second-order valence-corrected chi connectivity index (χ2v) is 3.19. The molecular formula is C8H16ClNO2. The minimum atomic E-state index is -0.705. The molecule has 0 aliphatic carbocycles. The first-order valence-electron chi connectivity index (χ1n) is 4.20. The Morgan fingerprint density at radius 3 is 2.75 bits per heavy atom. The Morgan fingerprint density at radius 1 is 1.67 bits per heavy atom. The molecule has 0 aromatic rings. The number of aliphatic carboxylic acids is 1. The van der Waals surface area contributed by atoms with Crippen molar-refractivity contribution < 1.29 is 9.90 Å². The molecule has 1 aliphatic rings. The maximum atomic E-state index is 10.5. The van der Waals surface area contributed by atoms with Gasteiger partial charge in [0.15, 0.2) is 0 Å². The number of hydrogen-bond acceptors (Lipinski definition) is 2. The van der Waals surface area contributed by atoms with Gasteiger partial charge in [0.1, 0.15) is 6.04 Å². The van der Waals surface area contributed by atoms with Crippen LogP contribution < -0.4 is 5.32 Å². The van der Waals surface area contributed by atoms with E-state index in [4.69, 9.17) is 5.11 Å². The summed E-state index contributed by atoms with van der Waals surface area (Å²) in [6, 6.07) is -0.286. The summed E-state index contributed by atoms with van der Waals surface area (Å²) < 4.78 is 0. The van der Waals surface area contributed by atoms with E-state index in [2.05, 4.69) is 12.2 Å². The van der Waals surface area contributed by atoms with Crippen LogP contribution >= 0.6 is 12.4 Å². The summed E-state index contributed by atoms with van der Waals surface area (Å²) in [4.78, 5) is 10.5. The van der Waals surface area contributed by atoms with E-state index >= 15 is 0 Å². The molecule has 1 saturated heterocycles. The Bertz CT molecular complexity index is 152. The fourth-order valence-corrected chi connectivity index (χ4v) is 1.63. The highest BCUT2D eigenvalue weighted by Gasteiger charge is 2.27. The van der Waals surface area contributed by atoms with Crippen molar-refractivity contribution in [3.63, 3.8) is 0 Å². The topological polar surface area (TPSA) is 49.3 Å². The molecule has 12 heavy (non-hydrogen) atoms. The second kappa shape index (κ2) is 5.38. The maximum absolute atomic E-state index is 10.5. The van der Waals surface area contributed by atoms with Crippen molar-refractivity contribution in [2.45, 2.75) is 32.2 Å². The molecule has 1 fully saturated rings. The number of nitrogens with one attached hydrogen (secondary N) is 1. The van der Waals surface area contributed by atoms with E-state index in [0.717, 1.165) is 25.8 Å². The molecule has 72 valence electrons. The Balaban J connectivity index is 0.00000121. The largest absolute Gasteiger partial charge is 0.480 e. The molecule has 3 nitrogen and oxygen atoms in total. The third kappa shape index (κ3) is 2.99. The van der Waals surface area contributed by atoms with Gasteiger partial charge in [0.25, 0.3) is 0 Å². The highest BCUT2D eigenvalue weighted by molar-refractivity contribution is 5.85. The Hall–Kier alpha value is -0.280. The van der Waals surface area contributed by atoms with E-state index < -0.39 is 5.97 Å². The third-order valence-corrected chi connectivity index (χ3v) is 2.22. The molecule has 2 N–H and O–H groups in total. The van der Waals surface area contributed by atoms with Crippen molar-refractivity contribution in [3.05, 3.63) is 0 Å². The molecule has 4 heteroatoms. The van der Waals surface area contributed by atoms with Gasteiger partial charge in [-0.1, -0.05) is 13.3 Å². The van der Waals surface area contributed by atoms with Crippen molar-refractivity contribution in [3.8, 4) is 0 Å².